The van der Waals surface area contributed by atoms with Crippen LogP contribution in [0.15, 0.2) is 18.2 Å². The SMILES string of the molecule is COc1cccc2c1nc(C(F)F)n2-c1nc(N2CCOCC2)nc(N2CC(NS(=O)(=O)CC(C)N(C)C)C2)n1. The smallest absolute Gasteiger partial charge is 0.296 e. The van der Waals surface area contributed by atoms with E-state index in [0.717, 1.165) is 0 Å². The van der Waals surface area contributed by atoms with Crippen LogP contribution in [-0.4, -0.2) is 116 Å². The fraction of sp³-hybridized carbons (Fsp3) is 0.583. The van der Waals surface area contributed by atoms with Crippen molar-refractivity contribution in [2.75, 3.05) is 76.2 Å². The van der Waals surface area contributed by atoms with Crippen LogP contribution in [0.4, 0.5) is 20.7 Å². The third-order valence-electron chi connectivity index (χ3n) is 7.04. The van der Waals surface area contributed by atoms with Crippen LogP contribution in [0.1, 0.15) is 19.2 Å². The van der Waals surface area contributed by atoms with Crippen LogP contribution in [0.2, 0.25) is 0 Å². The summed E-state index contributed by atoms with van der Waals surface area (Å²) in [5.74, 6) is 0.365. The van der Waals surface area contributed by atoms with Gasteiger partial charge in [-0.25, -0.2) is 26.9 Å². The number of halogens is 2. The lowest BCUT2D eigenvalue weighted by atomic mass is 10.1. The molecule has 1 aromatic carbocycles. The van der Waals surface area contributed by atoms with Gasteiger partial charge in [0.2, 0.25) is 27.9 Å². The molecular weight excluding hydrogens is 548 g/mol. The van der Waals surface area contributed by atoms with E-state index in [1.807, 2.05) is 30.8 Å². The van der Waals surface area contributed by atoms with E-state index in [1.54, 1.807) is 23.1 Å². The number of anilines is 2. The molecule has 0 saturated carbocycles. The summed E-state index contributed by atoms with van der Waals surface area (Å²) in [5.41, 5.74) is 0.629. The first kappa shape index (κ1) is 28.3. The Bertz CT molecular complexity index is 1460. The summed E-state index contributed by atoms with van der Waals surface area (Å²) >= 11 is 0. The van der Waals surface area contributed by atoms with Crippen molar-refractivity contribution in [1.29, 1.82) is 0 Å². The predicted molar refractivity (Wildman–Crippen MR) is 145 cm³/mol. The van der Waals surface area contributed by atoms with Crippen molar-refractivity contribution < 1.29 is 26.7 Å². The Kier molecular flexibility index (Phi) is 8.03. The number of alkyl halides is 2. The maximum absolute atomic E-state index is 14.2. The van der Waals surface area contributed by atoms with E-state index in [1.165, 1.54) is 11.7 Å². The molecule has 2 aliphatic heterocycles. The molecule has 0 aliphatic carbocycles. The summed E-state index contributed by atoms with van der Waals surface area (Å²) in [5, 5.41) is 0. The monoisotopic (exact) mass is 581 g/mol. The van der Waals surface area contributed by atoms with Crippen molar-refractivity contribution >= 4 is 33.0 Å². The minimum Gasteiger partial charge on any atom is -0.494 e. The normalized spacial score (nSPS) is 17.6. The van der Waals surface area contributed by atoms with Gasteiger partial charge in [0.05, 0.1) is 37.6 Å². The number of rotatable bonds is 10. The van der Waals surface area contributed by atoms with Crippen molar-refractivity contribution in [1.82, 2.24) is 34.1 Å². The zero-order valence-corrected chi connectivity index (χ0v) is 23.6. The number of benzene rings is 1. The summed E-state index contributed by atoms with van der Waals surface area (Å²) < 4.78 is 68.5. The Balaban J connectivity index is 1.48. The summed E-state index contributed by atoms with van der Waals surface area (Å²) in [6.45, 7) is 4.48. The number of fused-ring (bicyclic) bond motifs is 1. The molecule has 0 radical (unpaired) electrons. The van der Waals surface area contributed by atoms with Crippen molar-refractivity contribution in [2.24, 2.45) is 0 Å². The lowest BCUT2D eigenvalue weighted by Gasteiger charge is -2.40. The largest absolute Gasteiger partial charge is 0.494 e. The Labute approximate surface area is 231 Å². The van der Waals surface area contributed by atoms with E-state index in [4.69, 9.17) is 9.47 Å². The molecule has 1 N–H and O–H groups in total. The van der Waals surface area contributed by atoms with Gasteiger partial charge in [-0.05, 0) is 33.2 Å². The van der Waals surface area contributed by atoms with Crippen molar-refractivity contribution in [3.05, 3.63) is 24.0 Å². The fourth-order valence-corrected chi connectivity index (χ4v) is 6.27. The highest BCUT2D eigenvalue weighted by Crippen LogP contribution is 2.32. The summed E-state index contributed by atoms with van der Waals surface area (Å²) in [6.07, 6.45) is -2.91. The Hall–Kier alpha value is -3.21. The standard InChI is InChI=1S/C24H33F2N9O4S/c1-15(32(2)3)14-40(36,37)31-16-12-34(13-16)23-28-22(33-8-10-39-11-9-33)29-24(30-23)35-17-6-5-7-18(38-4)19(17)27-21(35)20(25)26/h5-7,15-16,20,31H,8-14H2,1-4H3. The molecule has 3 aromatic rings. The molecular formula is C24H33F2N9O4S. The number of hydrogen-bond donors (Lipinski definition) is 1. The second-order valence-electron chi connectivity index (χ2n) is 10.1. The number of sulfonamides is 1. The molecule has 4 heterocycles. The van der Waals surface area contributed by atoms with Crippen LogP contribution in [0, 0.1) is 0 Å². The van der Waals surface area contributed by atoms with Gasteiger partial charge in [0.25, 0.3) is 6.43 Å². The topological polar surface area (TPSA) is 131 Å². The summed E-state index contributed by atoms with van der Waals surface area (Å²) in [6, 6.07) is 4.50. The third kappa shape index (κ3) is 5.80. The number of nitrogens with one attached hydrogen (secondary N) is 1. The first-order chi connectivity index (χ1) is 19.1. The van der Waals surface area contributed by atoms with E-state index in [0.29, 0.717) is 56.6 Å². The van der Waals surface area contributed by atoms with Crippen molar-refractivity contribution in [3.63, 3.8) is 0 Å². The molecule has 40 heavy (non-hydrogen) atoms. The first-order valence-corrected chi connectivity index (χ1v) is 14.6. The van der Waals surface area contributed by atoms with Crippen molar-refractivity contribution in [3.8, 4) is 11.7 Å². The number of para-hydroxylation sites is 1. The fourth-order valence-electron chi connectivity index (χ4n) is 4.59. The second kappa shape index (κ2) is 11.3. The van der Waals surface area contributed by atoms with E-state index < -0.39 is 22.3 Å². The maximum atomic E-state index is 14.2. The van der Waals surface area contributed by atoms with Gasteiger partial charge in [-0.3, -0.25) is 4.57 Å². The molecule has 16 heteroatoms. The molecule has 0 amide bonds. The average Bonchev–Trinajstić information content (AvgIpc) is 3.31. The van der Waals surface area contributed by atoms with E-state index in [9.17, 15) is 17.2 Å². The Morgan fingerprint density at radius 2 is 1.73 bits per heavy atom. The van der Waals surface area contributed by atoms with Crippen LogP contribution >= 0.6 is 0 Å². The molecule has 2 saturated heterocycles. The molecule has 218 valence electrons. The molecule has 1 unspecified atom stereocenters. The van der Waals surface area contributed by atoms with Gasteiger partial charge >= 0.3 is 0 Å². The number of methoxy groups -OCH3 is 1. The number of morpholine rings is 1. The van der Waals surface area contributed by atoms with Gasteiger partial charge < -0.3 is 24.2 Å². The minimum absolute atomic E-state index is 0.0126. The highest BCUT2D eigenvalue weighted by atomic mass is 32.2. The van der Waals surface area contributed by atoms with Crippen LogP contribution in [-0.2, 0) is 14.8 Å². The summed E-state index contributed by atoms with van der Waals surface area (Å²) in [4.78, 5) is 23.4. The maximum Gasteiger partial charge on any atom is 0.296 e. The number of aromatic nitrogens is 5. The quantitative estimate of drug-likeness (QED) is 0.369. The van der Waals surface area contributed by atoms with Crippen LogP contribution < -0.4 is 19.3 Å². The zero-order chi connectivity index (χ0) is 28.6. The Morgan fingerprint density at radius 3 is 2.35 bits per heavy atom. The van der Waals surface area contributed by atoms with Gasteiger partial charge in [-0.2, -0.15) is 15.0 Å². The number of ether oxygens (including phenoxy) is 2. The van der Waals surface area contributed by atoms with Crippen LogP contribution in [0.25, 0.3) is 17.0 Å². The average molecular weight is 582 g/mol. The van der Waals surface area contributed by atoms with Gasteiger partial charge in [0, 0.05) is 32.2 Å². The van der Waals surface area contributed by atoms with Gasteiger partial charge in [0.15, 0.2) is 5.82 Å². The van der Waals surface area contributed by atoms with Gasteiger partial charge in [0.1, 0.15) is 11.3 Å². The van der Waals surface area contributed by atoms with E-state index in [-0.39, 0.29) is 35.2 Å². The molecule has 13 nitrogen and oxygen atoms in total. The van der Waals surface area contributed by atoms with Crippen molar-refractivity contribution in [2.45, 2.75) is 25.4 Å². The minimum atomic E-state index is -3.51. The lowest BCUT2D eigenvalue weighted by molar-refractivity contribution is 0.122. The third-order valence-corrected chi connectivity index (χ3v) is 8.65. The molecule has 2 fully saturated rings. The van der Waals surface area contributed by atoms with Gasteiger partial charge in [-0.15, -0.1) is 0 Å². The van der Waals surface area contributed by atoms with Crippen LogP contribution in [0.5, 0.6) is 5.75 Å². The first-order valence-electron chi connectivity index (χ1n) is 12.9. The highest BCUT2D eigenvalue weighted by molar-refractivity contribution is 7.89. The molecule has 0 spiro atoms. The number of nitrogens with zero attached hydrogens (tertiary/aromatic N) is 8. The highest BCUT2D eigenvalue weighted by Gasteiger charge is 2.34. The predicted octanol–water partition coefficient (Wildman–Crippen LogP) is 1.05. The second-order valence-corrected chi connectivity index (χ2v) is 11.9. The van der Waals surface area contributed by atoms with Gasteiger partial charge in [-0.1, -0.05) is 6.07 Å². The number of hydrogen-bond acceptors (Lipinski definition) is 11. The number of imidazole rings is 1. The van der Waals surface area contributed by atoms with E-state index >= 15 is 0 Å². The molecule has 1 atom stereocenters. The van der Waals surface area contributed by atoms with Crippen LogP contribution in [0.3, 0.4) is 0 Å². The molecule has 2 aliphatic rings. The summed E-state index contributed by atoms with van der Waals surface area (Å²) in [7, 11) is 1.60. The molecule has 0 bridgehead atoms. The Morgan fingerprint density at radius 1 is 1.07 bits per heavy atom. The zero-order valence-electron chi connectivity index (χ0n) is 22.8. The molecule has 2 aromatic heterocycles. The van der Waals surface area contributed by atoms with E-state index in [2.05, 4.69) is 24.7 Å². The molecule has 5 rings (SSSR count). The lowest BCUT2D eigenvalue weighted by Crippen LogP contribution is -2.60.